The maximum absolute atomic E-state index is 12.7. The Morgan fingerprint density at radius 2 is 1.81 bits per heavy atom. The van der Waals surface area contributed by atoms with E-state index in [9.17, 15) is 4.79 Å². The predicted octanol–water partition coefficient (Wildman–Crippen LogP) is 2.82. The molecule has 1 aliphatic heterocycles. The molecule has 106 valence electrons. The molecule has 21 heavy (non-hydrogen) atoms. The molecule has 0 spiro atoms. The number of hydrogen-bond donors (Lipinski definition) is 0. The van der Waals surface area contributed by atoms with E-state index in [0.717, 1.165) is 24.4 Å². The maximum Gasteiger partial charge on any atom is 0.273 e. The van der Waals surface area contributed by atoms with E-state index in [2.05, 4.69) is 22.1 Å². The molecule has 0 N–H and O–H groups in total. The van der Waals surface area contributed by atoms with Gasteiger partial charge in [0.15, 0.2) is 0 Å². The average Bonchev–Trinajstić information content (AvgIpc) is 3.24. The van der Waals surface area contributed by atoms with Crippen molar-refractivity contribution < 1.29 is 4.79 Å². The number of carbonyl (C=O) groups is 1. The van der Waals surface area contributed by atoms with Crippen LogP contribution in [0.4, 0.5) is 0 Å². The van der Waals surface area contributed by atoms with Gasteiger partial charge in [-0.25, -0.2) is 9.97 Å². The van der Waals surface area contributed by atoms with Gasteiger partial charge in [-0.2, -0.15) is 0 Å². The Morgan fingerprint density at radius 1 is 1.14 bits per heavy atom. The van der Waals surface area contributed by atoms with Gasteiger partial charge >= 0.3 is 0 Å². The molecule has 1 saturated carbocycles. The summed E-state index contributed by atoms with van der Waals surface area (Å²) in [4.78, 5) is 23.5. The molecule has 0 unspecified atom stereocenters. The van der Waals surface area contributed by atoms with Gasteiger partial charge in [0.05, 0.1) is 0 Å². The van der Waals surface area contributed by atoms with Gasteiger partial charge in [0.2, 0.25) is 0 Å². The van der Waals surface area contributed by atoms with Gasteiger partial charge in [0, 0.05) is 24.7 Å². The van der Waals surface area contributed by atoms with Crippen molar-refractivity contribution in [1.29, 1.82) is 0 Å². The van der Waals surface area contributed by atoms with Crippen LogP contribution < -0.4 is 0 Å². The Balaban J connectivity index is 1.61. The minimum atomic E-state index is 0.0126. The van der Waals surface area contributed by atoms with Gasteiger partial charge in [0.1, 0.15) is 11.5 Å². The molecule has 1 fully saturated rings. The number of aromatic nitrogens is 2. The monoisotopic (exact) mass is 279 g/mol. The number of hydrogen-bond acceptors (Lipinski definition) is 3. The van der Waals surface area contributed by atoms with Crippen LogP contribution in [0, 0.1) is 6.92 Å². The van der Waals surface area contributed by atoms with E-state index >= 15 is 0 Å². The number of carbonyl (C=O) groups excluding carboxylic acids is 1. The molecular weight excluding hydrogens is 262 g/mol. The molecule has 2 heterocycles. The van der Waals surface area contributed by atoms with Crippen molar-refractivity contribution in [3.05, 3.63) is 58.7 Å². The first-order valence-corrected chi connectivity index (χ1v) is 7.42. The largest absolute Gasteiger partial charge is 0.329 e. The molecule has 0 bridgehead atoms. The van der Waals surface area contributed by atoms with E-state index in [1.54, 1.807) is 6.07 Å². The van der Waals surface area contributed by atoms with Crippen LogP contribution in [0.25, 0.3) is 0 Å². The zero-order chi connectivity index (χ0) is 14.4. The van der Waals surface area contributed by atoms with Gasteiger partial charge in [-0.15, -0.1) is 0 Å². The highest BCUT2D eigenvalue weighted by Gasteiger charge is 2.29. The zero-order valence-electron chi connectivity index (χ0n) is 12.0. The van der Waals surface area contributed by atoms with E-state index in [-0.39, 0.29) is 5.91 Å². The van der Waals surface area contributed by atoms with E-state index in [4.69, 9.17) is 0 Å². The van der Waals surface area contributed by atoms with Crippen molar-refractivity contribution >= 4 is 5.91 Å². The first kappa shape index (κ1) is 12.5. The van der Waals surface area contributed by atoms with Crippen LogP contribution in [0.5, 0.6) is 0 Å². The molecule has 0 radical (unpaired) electrons. The molecule has 1 amide bonds. The quantitative estimate of drug-likeness (QED) is 0.849. The fraction of sp³-hybridized carbons (Fsp3) is 0.353. The summed E-state index contributed by atoms with van der Waals surface area (Å²) < 4.78 is 0. The molecule has 2 aliphatic rings. The second-order valence-corrected chi connectivity index (χ2v) is 5.96. The third-order valence-corrected chi connectivity index (χ3v) is 4.16. The van der Waals surface area contributed by atoms with Crippen LogP contribution in [0.1, 0.15) is 51.9 Å². The Hall–Kier alpha value is -2.23. The fourth-order valence-corrected chi connectivity index (χ4v) is 2.86. The lowest BCUT2D eigenvalue weighted by molar-refractivity contribution is 0.0744. The molecule has 0 saturated heterocycles. The Morgan fingerprint density at radius 3 is 2.43 bits per heavy atom. The third-order valence-electron chi connectivity index (χ3n) is 4.16. The molecule has 1 aromatic heterocycles. The van der Waals surface area contributed by atoms with Crippen LogP contribution in [-0.2, 0) is 13.1 Å². The fourth-order valence-electron chi connectivity index (χ4n) is 2.86. The highest BCUT2D eigenvalue weighted by Crippen LogP contribution is 2.38. The Kier molecular flexibility index (Phi) is 2.77. The van der Waals surface area contributed by atoms with Gasteiger partial charge in [-0.3, -0.25) is 4.79 Å². The van der Waals surface area contributed by atoms with Gasteiger partial charge in [0.25, 0.3) is 5.91 Å². The van der Waals surface area contributed by atoms with Crippen LogP contribution in [0.2, 0.25) is 0 Å². The van der Waals surface area contributed by atoms with Gasteiger partial charge < -0.3 is 4.90 Å². The summed E-state index contributed by atoms with van der Waals surface area (Å²) in [5.74, 6) is 1.32. The summed E-state index contributed by atoms with van der Waals surface area (Å²) in [7, 11) is 0. The van der Waals surface area contributed by atoms with E-state index < -0.39 is 0 Å². The number of aryl methyl sites for hydroxylation is 1. The SMILES string of the molecule is Cc1cc(C(=O)N2Cc3ccccc3C2)nc(C2CC2)n1. The lowest BCUT2D eigenvalue weighted by atomic mass is 10.1. The minimum Gasteiger partial charge on any atom is -0.329 e. The van der Waals surface area contributed by atoms with Crippen molar-refractivity contribution in [2.24, 2.45) is 0 Å². The van der Waals surface area contributed by atoms with Crippen molar-refractivity contribution in [2.75, 3.05) is 0 Å². The zero-order valence-corrected chi connectivity index (χ0v) is 12.0. The standard InChI is InChI=1S/C17H17N3O/c1-11-8-15(19-16(18-11)12-6-7-12)17(21)20-9-13-4-2-3-5-14(13)10-20/h2-5,8,12H,6-7,9-10H2,1H3. The molecular formula is C17H17N3O. The molecule has 4 rings (SSSR count). The van der Waals surface area contributed by atoms with E-state index in [0.29, 0.717) is 24.7 Å². The smallest absolute Gasteiger partial charge is 0.273 e. The first-order chi connectivity index (χ1) is 10.2. The van der Waals surface area contributed by atoms with Gasteiger partial charge in [-0.05, 0) is 37.0 Å². The summed E-state index contributed by atoms with van der Waals surface area (Å²) in [5, 5.41) is 0. The van der Waals surface area contributed by atoms with Crippen LogP contribution in [0.15, 0.2) is 30.3 Å². The lowest BCUT2D eigenvalue weighted by Gasteiger charge is -2.15. The number of rotatable bonds is 2. The number of benzene rings is 1. The van der Waals surface area contributed by atoms with Crippen molar-refractivity contribution in [2.45, 2.75) is 38.8 Å². The van der Waals surface area contributed by atoms with Crippen molar-refractivity contribution in [1.82, 2.24) is 14.9 Å². The summed E-state index contributed by atoms with van der Waals surface area (Å²) in [5.41, 5.74) is 3.89. The Labute approximate surface area is 123 Å². The lowest BCUT2D eigenvalue weighted by Crippen LogP contribution is -2.26. The average molecular weight is 279 g/mol. The molecule has 4 heteroatoms. The third kappa shape index (κ3) is 2.31. The predicted molar refractivity (Wildman–Crippen MR) is 78.8 cm³/mol. The summed E-state index contributed by atoms with van der Waals surface area (Å²) in [6.07, 6.45) is 2.29. The molecule has 1 aliphatic carbocycles. The second-order valence-electron chi connectivity index (χ2n) is 5.96. The van der Waals surface area contributed by atoms with Crippen molar-refractivity contribution in [3.8, 4) is 0 Å². The van der Waals surface area contributed by atoms with Crippen LogP contribution in [-0.4, -0.2) is 20.8 Å². The molecule has 2 aromatic rings. The molecule has 1 aromatic carbocycles. The number of amides is 1. The number of nitrogens with zero attached hydrogens (tertiary/aromatic N) is 3. The van der Waals surface area contributed by atoms with E-state index in [1.165, 1.54) is 11.1 Å². The molecule has 4 nitrogen and oxygen atoms in total. The summed E-state index contributed by atoms with van der Waals surface area (Å²) in [6, 6.07) is 10.0. The van der Waals surface area contributed by atoms with Crippen molar-refractivity contribution in [3.63, 3.8) is 0 Å². The summed E-state index contributed by atoms with van der Waals surface area (Å²) >= 11 is 0. The highest BCUT2D eigenvalue weighted by atomic mass is 16.2. The molecule has 0 atom stereocenters. The topological polar surface area (TPSA) is 46.1 Å². The highest BCUT2D eigenvalue weighted by molar-refractivity contribution is 5.92. The van der Waals surface area contributed by atoms with Crippen LogP contribution in [0.3, 0.4) is 0 Å². The number of fused-ring (bicyclic) bond motifs is 1. The summed E-state index contributed by atoms with van der Waals surface area (Å²) in [6.45, 7) is 3.29. The maximum atomic E-state index is 12.7. The van der Waals surface area contributed by atoms with Crippen LogP contribution >= 0.6 is 0 Å². The van der Waals surface area contributed by atoms with E-state index in [1.807, 2.05) is 24.0 Å². The van der Waals surface area contributed by atoms with Gasteiger partial charge in [-0.1, -0.05) is 24.3 Å². The minimum absolute atomic E-state index is 0.0126. The second kappa shape index (κ2) is 4.65. The Bertz CT molecular complexity index is 697. The normalized spacial score (nSPS) is 16.9. The first-order valence-electron chi connectivity index (χ1n) is 7.42.